The van der Waals surface area contributed by atoms with Gasteiger partial charge in [0, 0.05) is 36.8 Å². The molecule has 0 bridgehead atoms. The number of aliphatic carboxylic acids is 1. The maximum atomic E-state index is 14.4. The van der Waals surface area contributed by atoms with Crippen molar-refractivity contribution in [2.24, 2.45) is 0 Å². The molecule has 0 spiro atoms. The lowest BCUT2D eigenvalue weighted by molar-refractivity contribution is -0.142. The first-order valence-electron chi connectivity index (χ1n) is 19.6. The zero-order valence-corrected chi connectivity index (χ0v) is 34.7. The fourth-order valence-corrected chi connectivity index (χ4v) is 7.92. The molecule has 8 rings (SSSR count). The van der Waals surface area contributed by atoms with Crippen LogP contribution in [0.4, 0.5) is 4.39 Å². The number of aryl methyl sites for hydroxylation is 1. The van der Waals surface area contributed by atoms with Gasteiger partial charge in [-0.05, 0) is 119 Å². The molecule has 2 aliphatic rings. The van der Waals surface area contributed by atoms with E-state index in [9.17, 15) is 23.9 Å². The number of carboxylic acid groups (broad SMARTS) is 1. The maximum Gasteiger partial charge on any atom is 0.326 e. The first kappa shape index (κ1) is 41.3. The van der Waals surface area contributed by atoms with E-state index in [0.29, 0.717) is 45.0 Å². The highest BCUT2D eigenvalue weighted by molar-refractivity contribution is 6.42. The van der Waals surface area contributed by atoms with E-state index in [4.69, 9.17) is 37.4 Å². The number of pyridine rings is 1. The van der Waals surface area contributed by atoms with Gasteiger partial charge in [-0.1, -0.05) is 71.7 Å². The fourth-order valence-electron chi connectivity index (χ4n) is 7.60. The third-order valence-corrected chi connectivity index (χ3v) is 11.8. The quantitative estimate of drug-likeness (QED) is 0.132. The summed E-state index contributed by atoms with van der Waals surface area (Å²) in [5.41, 5.74) is 7.87. The van der Waals surface area contributed by atoms with E-state index in [1.807, 2.05) is 74.5 Å². The van der Waals surface area contributed by atoms with Crippen molar-refractivity contribution in [3.05, 3.63) is 176 Å². The number of aromatic nitrogens is 1. The van der Waals surface area contributed by atoms with Crippen LogP contribution in [0.3, 0.4) is 0 Å². The molecule has 0 radical (unpaired) electrons. The van der Waals surface area contributed by atoms with E-state index in [1.165, 1.54) is 23.1 Å². The summed E-state index contributed by atoms with van der Waals surface area (Å²) < 4.78 is 32.9. The highest BCUT2D eigenvalue weighted by atomic mass is 35.5. The van der Waals surface area contributed by atoms with Gasteiger partial charge >= 0.3 is 5.97 Å². The molecule has 2 N–H and O–H groups in total. The number of carboxylic acids is 1. The van der Waals surface area contributed by atoms with E-state index in [2.05, 4.69) is 10.3 Å². The number of hydrogen-bond donors (Lipinski definition) is 2. The van der Waals surface area contributed by atoms with Gasteiger partial charge in [0.1, 0.15) is 36.9 Å². The molecular formula is C48H40Cl2FN3O7. The number of amides is 2. The molecule has 13 heteroatoms. The van der Waals surface area contributed by atoms with Crippen molar-refractivity contribution < 1.29 is 38.1 Å². The van der Waals surface area contributed by atoms with Crippen molar-refractivity contribution in [2.75, 3.05) is 6.61 Å². The molecule has 5 aromatic carbocycles. The smallest absolute Gasteiger partial charge is 0.326 e. The Kier molecular flexibility index (Phi) is 12.0. The van der Waals surface area contributed by atoms with Crippen molar-refractivity contribution >= 4 is 41.0 Å². The van der Waals surface area contributed by atoms with Crippen LogP contribution in [0.25, 0.3) is 11.1 Å². The lowest BCUT2D eigenvalue weighted by atomic mass is 9.91. The van der Waals surface area contributed by atoms with Gasteiger partial charge in [0.25, 0.3) is 5.91 Å². The number of hydrogen-bond acceptors (Lipinski definition) is 7. The number of carbonyl (C=O) groups excluding carboxylic acids is 2. The number of rotatable bonds is 11. The third kappa shape index (κ3) is 9.18. The summed E-state index contributed by atoms with van der Waals surface area (Å²) in [5.74, 6) is -1.47. The molecular weight excluding hydrogens is 820 g/mol. The van der Waals surface area contributed by atoms with Gasteiger partial charge in [-0.15, -0.1) is 0 Å². The van der Waals surface area contributed by atoms with Gasteiger partial charge in [-0.2, -0.15) is 0 Å². The lowest BCUT2D eigenvalue weighted by Crippen LogP contribution is -2.56. The summed E-state index contributed by atoms with van der Waals surface area (Å²) in [6, 6.07) is 28.7. The number of halogens is 3. The van der Waals surface area contributed by atoms with Crippen LogP contribution >= 0.6 is 23.2 Å². The van der Waals surface area contributed by atoms with E-state index in [0.717, 1.165) is 45.1 Å². The summed E-state index contributed by atoms with van der Waals surface area (Å²) in [5, 5.41) is 13.9. The number of nitrogens with one attached hydrogen (secondary N) is 1. The van der Waals surface area contributed by atoms with Crippen molar-refractivity contribution in [1.82, 2.24) is 15.2 Å². The number of fused-ring (bicyclic) bond motifs is 2. The molecule has 10 nitrogen and oxygen atoms in total. The minimum Gasteiger partial charge on any atom is -0.489 e. The Hall–Kier alpha value is -6.43. The van der Waals surface area contributed by atoms with Crippen molar-refractivity contribution in [3.63, 3.8) is 0 Å². The second-order valence-corrected chi connectivity index (χ2v) is 15.9. The molecule has 3 heterocycles. The average molecular weight is 861 g/mol. The predicted molar refractivity (Wildman–Crippen MR) is 229 cm³/mol. The first-order chi connectivity index (χ1) is 29.4. The van der Waals surface area contributed by atoms with Gasteiger partial charge in [0.2, 0.25) is 5.91 Å². The van der Waals surface area contributed by atoms with Crippen molar-refractivity contribution in [3.8, 4) is 28.4 Å². The minimum absolute atomic E-state index is 0.00515. The summed E-state index contributed by atoms with van der Waals surface area (Å²) in [7, 11) is 0. The van der Waals surface area contributed by atoms with Gasteiger partial charge in [0.05, 0.1) is 10.0 Å². The molecule has 1 aromatic heterocycles. The molecule has 0 fully saturated rings. The Labute approximate surface area is 361 Å². The second kappa shape index (κ2) is 17.7. The summed E-state index contributed by atoms with van der Waals surface area (Å²) in [6.07, 6.45) is 1.36. The lowest BCUT2D eigenvalue weighted by Gasteiger charge is -2.37. The number of carbonyl (C=O) groups is 3. The summed E-state index contributed by atoms with van der Waals surface area (Å²) >= 11 is 12.2. The number of nitrogens with zero attached hydrogens (tertiary/aromatic N) is 2. The highest BCUT2D eigenvalue weighted by Gasteiger charge is 2.38. The van der Waals surface area contributed by atoms with Crippen molar-refractivity contribution in [1.29, 1.82) is 0 Å². The molecule has 0 saturated carbocycles. The van der Waals surface area contributed by atoms with Crippen LogP contribution in [0.5, 0.6) is 17.2 Å². The first-order valence-corrected chi connectivity index (χ1v) is 20.4. The molecule has 6 aromatic rings. The van der Waals surface area contributed by atoms with Crippen LogP contribution in [-0.2, 0) is 35.6 Å². The minimum atomic E-state index is -1.30. The normalized spacial score (nSPS) is 16.0. The topological polar surface area (TPSA) is 127 Å². The Bertz CT molecular complexity index is 2640. The van der Waals surface area contributed by atoms with Crippen LogP contribution in [-0.4, -0.2) is 51.5 Å². The van der Waals surface area contributed by atoms with Gasteiger partial charge in [-0.3, -0.25) is 14.6 Å². The van der Waals surface area contributed by atoms with Gasteiger partial charge < -0.3 is 29.5 Å². The standard InChI is InChI=1S/C48H40Cl2FN3O7/c1-27-28(2)52-17-16-38(27)31-9-6-29(7-10-31)19-41(48(57)58)53-46(55)42-21-34-22-43-44(23-35(34)24-54(42)47(56)33-4-3-5-36(51)20-33)61-45(26-60-43)32-11-13-37(14-12-32)59-25-30-8-15-39(49)40(50)18-30/h3-18,20,22-23,41-42,45H,19,21,24-26H2,1-2H3,(H,53,55)(H,57,58)/t41?,42-,45+/m0/s1. The molecule has 3 atom stereocenters. The van der Waals surface area contributed by atoms with Crippen LogP contribution in [0, 0.1) is 19.7 Å². The molecule has 2 amide bonds. The SMILES string of the molecule is Cc1nccc(-c2ccc(CC(NC(=O)[C@@H]3Cc4cc5c(cc4CN3C(=O)c3cccc(F)c3)O[C@@H](c3ccc(OCc4ccc(Cl)c(Cl)c4)cc3)CO5)C(=O)O)cc2)c1C. The molecule has 61 heavy (non-hydrogen) atoms. The van der Waals surface area contributed by atoms with Gasteiger partial charge in [0.15, 0.2) is 17.6 Å². The third-order valence-electron chi connectivity index (χ3n) is 11.1. The van der Waals surface area contributed by atoms with E-state index >= 15 is 0 Å². The maximum absolute atomic E-state index is 14.4. The van der Waals surface area contributed by atoms with Crippen LogP contribution in [0.15, 0.2) is 115 Å². The summed E-state index contributed by atoms with van der Waals surface area (Å²) in [6.45, 7) is 4.44. The molecule has 0 saturated heterocycles. The largest absolute Gasteiger partial charge is 0.489 e. The Morgan fingerprint density at radius 2 is 1.66 bits per heavy atom. The molecule has 2 aliphatic heterocycles. The fraction of sp³-hybridized carbons (Fsp3) is 0.208. The number of benzene rings is 5. The van der Waals surface area contributed by atoms with Crippen LogP contribution in [0.2, 0.25) is 10.0 Å². The van der Waals surface area contributed by atoms with E-state index < -0.39 is 41.8 Å². The number of ether oxygens (including phenoxy) is 3. The monoisotopic (exact) mass is 859 g/mol. The predicted octanol–water partition coefficient (Wildman–Crippen LogP) is 9.28. The second-order valence-electron chi connectivity index (χ2n) is 15.1. The Morgan fingerprint density at radius 3 is 2.39 bits per heavy atom. The Morgan fingerprint density at radius 1 is 0.902 bits per heavy atom. The van der Waals surface area contributed by atoms with Crippen LogP contribution in [0.1, 0.15) is 55.5 Å². The highest BCUT2D eigenvalue weighted by Crippen LogP contribution is 2.41. The van der Waals surface area contributed by atoms with Crippen molar-refractivity contribution in [2.45, 2.75) is 58.0 Å². The zero-order chi connectivity index (χ0) is 42.8. The zero-order valence-electron chi connectivity index (χ0n) is 33.2. The van der Waals surface area contributed by atoms with E-state index in [-0.39, 0.29) is 31.6 Å². The Balaban J connectivity index is 0.991. The summed E-state index contributed by atoms with van der Waals surface area (Å²) in [4.78, 5) is 46.5. The molecule has 310 valence electrons. The van der Waals surface area contributed by atoms with Gasteiger partial charge in [-0.25, -0.2) is 9.18 Å². The van der Waals surface area contributed by atoms with E-state index in [1.54, 1.807) is 30.5 Å². The average Bonchev–Trinajstić information content (AvgIpc) is 3.26. The van der Waals surface area contributed by atoms with Crippen LogP contribution < -0.4 is 19.5 Å². The molecule has 0 aliphatic carbocycles. The molecule has 1 unspecified atom stereocenters.